The average Bonchev–Trinajstić information content (AvgIpc) is 2.59. The Morgan fingerprint density at radius 1 is 0.739 bits per heavy atom. The lowest BCUT2D eigenvalue weighted by Crippen LogP contribution is -2.28. The lowest BCUT2D eigenvalue weighted by atomic mass is 9.96. The van der Waals surface area contributed by atoms with Crippen LogP contribution >= 0.6 is 0 Å². The van der Waals surface area contributed by atoms with Crippen LogP contribution in [0.2, 0.25) is 0 Å². The van der Waals surface area contributed by atoms with Crippen molar-refractivity contribution >= 4 is 12.6 Å². The van der Waals surface area contributed by atoms with E-state index in [4.69, 9.17) is 9.47 Å². The van der Waals surface area contributed by atoms with Crippen LogP contribution in [0.25, 0.3) is 0 Å². The maximum atomic E-state index is 10.6. The van der Waals surface area contributed by atoms with Gasteiger partial charge in [0.25, 0.3) is 0 Å². The summed E-state index contributed by atoms with van der Waals surface area (Å²) in [4.78, 5) is 21.2. The highest BCUT2D eigenvalue weighted by molar-refractivity contribution is 5.75. The van der Waals surface area contributed by atoms with Gasteiger partial charge in [-0.25, -0.2) is 0 Å². The van der Waals surface area contributed by atoms with E-state index in [9.17, 15) is 9.59 Å². The maximum Gasteiger partial charge on any atom is 0.150 e. The Morgan fingerprint density at radius 2 is 1.09 bits per heavy atom. The number of benzene rings is 2. The van der Waals surface area contributed by atoms with Crippen molar-refractivity contribution in [1.82, 2.24) is 0 Å². The first kappa shape index (κ1) is 16.7. The van der Waals surface area contributed by atoms with E-state index in [2.05, 4.69) is 0 Å². The van der Waals surface area contributed by atoms with Gasteiger partial charge in [-0.3, -0.25) is 9.59 Å². The van der Waals surface area contributed by atoms with Crippen LogP contribution in [0.1, 0.15) is 34.6 Å². The number of carbonyl (C=O) groups is 2. The summed E-state index contributed by atoms with van der Waals surface area (Å²) < 4.78 is 11.5. The molecule has 4 nitrogen and oxygen atoms in total. The van der Waals surface area contributed by atoms with Gasteiger partial charge in [0.15, 0.2) is 0 Å². The fraction of sp³-hybridized carbons (Fsp3) is 0.263. The molecule has 0 saturated carbocycles. The van der Waals surface area contributed by atoms with Crippen LogP contribution in [0.5, 0.6) is 11.5 Å². The lowest BCUT2D eigenvalue weighted by Gasteiger charge is -2.25. The molecule has 0 N–H and O–H groups in total. The summed E-state index contributed by atoms with van der Waals surface area (Å²) in [6, 6.07) is 14.0. The summed E-state index contributed by atoms with van der Waals surface area (Å²) in [6.45, 7) is 5.07. The molecule has 0 radical (unpaired) electrons. The van der Waals surface area contributed by atoms with Gasteiger partial charge in [0.2, 0.25) is 0 Å². The van der Waals surface area contributed by atoms with Gasteiger partial charge in [-0.05, 0) is 48.5 Å². The van der Waals surface area contributed by atoms with Crippen molar-refractivity contribution in [2.24, 2.45) is 5.41 Å². The van der Waals surface area contributed by atoms with Crippen molar-refractivity contribution in [3.63, 3.8) is 0 Å². The van der Waals surface area contributed by atoms with Gasteiger partial charge < -0.3 is 9.47 Å². The number of carbonyl (C=O) groups excluding carboxylic acids is 2. The highest BCUT2D eigenvalue weighted by atomic mass is 16.5. The molecule has 0 fully saturated rings. The molecule has 0 heterocycles. The van der Waals surface area contributed by atoms with Gasteiger partial charge in [0.05, 0.1) is 13.2 Å². The molecular formula is C19H20O4. The summed E-state index contributed by atoms with van der Waals surface area (Å²) in [6.07, 6.45) is 1.61. The molecule has 0 atom stereocenters. The van der Waals surface area contributed by atoms with E-state index in [1.165, 1.54) is 0 Å². The van der Waals surface area contributed by atoms with E-state index in [1.807, 2.05) is 13.8 Å². The van der Waals surface area contributed by atoms with E-state index in [0.717, 1.165) is 24.1 Å². The van der Waals surface area contributed by atoms with Gasteiger partial charge in [0.1, 0.15) is 24.1 Å². The SMILES string of the molecule is CC(C)(COc1ccc(C=O)cc1)COc1ccc(C=O)cc1. The Kier molecular flexibility index (Phi) is 5.52. The van der Waals surface area contributed by atoms with Gasteiger partial charge in [0, 0.05) is 16.5 Å². The maximum absolute atomic E-state index is 10.6. The van der Waals surface area contributed by atoms with Crippen molar-refractivity contribution in [1.29, 1.82) is 0 Å². The molecule has 2 aromatic rings. The first-order chi connectivity index (χ1) is 11.0. The third kappa shape index (κ3) is 5.25. The van der Waals surface area contributed by atoms with Crippen molar-refractivity contribution in [3.05, 3.63) is 59.7 Å². The minimum absolute atomic E-state index is 0.188. The number of aldehydes is 2. The zero-order valence-electron chi connectivity index (χ0n) is 13.3. The molecule has 2 aromatic carbocycles. The van der Waals surface area contributed by atoms with Crippen molar-refractivity contribution in [2.45, 2.75) is 13.8 Å². The molecule has 0 bridgehead atoms. The summed E-state index contributed by atoms with van der Waals surface area (Å²) in [7, 11) is 0. The Labute approximate surface area is 136 Å². The van der Waals surface area contributed by atoms with E-state index in [1.54, 1.807) is 48.5 Å². The number of rotatable bonds is 8. The van der Waals surface area contributed by atoms with Crippen LogP contribution in [-0.2, 0) is 0 Å². The number of hydrogen-bond acceptors (Lipinski definition) is 4. The Balaban J connectivity index is 1.84. The molecule has 0 aliphatic rings. The van der Waals surface area contributed by atoms with Gasteiger partial charge in [-0.15, -0.1) is 0 Å². The summed E-state index contributed by atoms with van der Waals surface area (Å²) in [5.41, 5.74) is 1.06. The summed E-state index contributed by atoms with van der Waals surface area (Å²) >= 11 is 0. The lowest BCUT2D eigenvalue weighted by molar-refractivity contribution is 0.110. The van der Waals surface area contributed by atoms with Gasteiger partial charge in [-0.1, -0.05) is 13.8 Å². The predicted molar refractivity (Wildman–Crippen MR) is 88.4 cm³/mol. The molecule has 120 valence electrons. The fourth-order valence-corrected chi connectivity index (χ4v) is 1.88. The molecule has 0 aliphatic carbocycles. The molecule has 4 heteroatoms. The topological polar surface area (TPSA) is 52.6 Å². The molecule has 0 unspecified atom stereocenters. The second-order valence-electron chi connectivity index (χ2n) is 6.12. The van der Waals surface area contributed by atoms with E-state index in [-0.39, 0.29) is 5.41 Å². The quantitative estimate of drug-likeness (QED) is 0.696. The molecule has 0 aliphatic heterocycles. The largest absolute Gasteiger partial charge is 0.493 e. The monoisotopic (exact) mass is 312 g/mol. The van der Waals surface area contributed by atoms with Crippen LogP contribution in [0.3, 0.4) is 0 Å². The smallest absolute Gasteiger partial charge is 0.150 e. The first-order valence-electron chi connectivity index (χ1n) is 7.38. The zero-order valence-corrected chi connectivity index (χ0v) is 13.3. The van der Waals surface area contributed by atoms with Crippen LogP contribution in [0, 0.1) is 5.41 Å². The van der Waals surface area contributed by atoms with Crippen LogP contribution in [0.15, 0.2) is 48.5 Å². The van der Waals surface area contributed by atoms with Crippen LogP contribution in [-0.4, -0.2) is 25.8 Å². The standard InChI is InChI=1S/C19H20O4/c1-19(2,13-22-17-7-3-15(11-20)4-8-17)14-23-18-9-5-16(12-21)6-10-18/h3-12H,13-14H2,1-2H3. The van der Waals surface area contributed by atoms with Crippen LogP contribution < -0.4 is 9.47 Å². The van der Waals surface area contributed by atoms with Crippen molar-refractivity contribution in [2.75, 3.05) is 13.2 Å². The minimum Gasteiger partial charge on any atom is -0.493 e. The second kappa shape index (κ2) is 7.58. The molecule has 0 aromatic heterocycles. The predicted octanol–water partition coefficient (Wildman–Crippen LogP) is 3.80. The second-order valence-corrected chi connectivity index (χ2v) is 6.12. The Hall–Kier alpha value is -2.62. The molecule has 0 saturated heterocycles. The fourth-order valence-electron chi connectivity index (χ4n) is 1.88. The first-order valence-corrected chi connectivity index (χ1v) is 7.38. The van der Waals surface area contributed by atoms with Gasteiger partial charge >= 0.3 is 0 Å². The van der Waals surface area contributed by atoms with Crippen LogP contribution in [0.4, 0.5) is 0 Å². The molecule has 0 amide bonds. The number of ether oxygens (including phenoxy) is 2. The third-order valence-corrected chi connectivity index (χ3v) is 3.29. The molecular weight excluding hydrogens is 292 g/mol. The molecule has 2 rings (SSSR count). The highest BCUT2D eigenvalue weighted by Gasteiger charge is 2.20. The molecule has 0 spiro atoms. The van der Waals surface area contributed by atoms with Gasteiger partial charge in [-0.2, -0.15) is 0 Å². The summed E-state index contributed by atoms with van der Waals surface area (Å²) in [5.74, 6) is 1.44. The van der Waals surface area contributed by atoms with E-state index in [0.29, 0.717) is 24.3 Å². The average molecular weight is 312 g/mol. The highest BCUT2D eigenvalue weighted by Crippen LogP contribution is 2.21. The van der Waals surface area contributed by atoms with Crippen molar-refractivity contribution in [3.8, 4) is 11.5 Å². The minimum atomic E-state index is -0.188. The Morgan fingerprint density at radius 3 is 1.39 bits per heavy atom. The van der Waals surface area contributed by atoms with E-state index >= 15 is 0 Å². The third-order valence-electron chi connectivity index (χ3n) is 3.29. The normalized spacial score (nSPS) is 10.9. The number of hydrogen-bond donors (Lipinski definition) is 0. The Bertz CT molecular complexity index is 585. The zero-order chi connectivity index (χ0) is 16.7. The summed E-state index contributed by atoms with van der Waals surface area (Å²) in [5, 5.41) is 0. The van der Waals surface area contributed by atoms with E-state index < -0.39 is 0 Å². The van der Waals surface area contributed by atoms with Crippen molar-refractivity contribution < 1.29 is 19.1 Å². The molecule has 23 heavy (non-hydrogen) atoms.